The Labute approximate surface area is 208 Å². The van der Waals surface area contributed by atoms with E-state index in [1.165, 1.54) is 0 Å². The summed E-state index contributed by atoms with van der Waals surface area (Å²) in [6.45, 7) is 11.0. The van der Waals surface area contributed by atoms with E-state index in [1.807, 2.05) is 19.9 Å². The molecule has 4 rings (SSSR count). The zero-order valence-corrected chi connectivity index (χ0v) is 21.3. The molecule has 0 aliphatic heterocycles. The van der Waals surface area contributed by atoms with E-state index in [-0.39, 0.29) is 24.4 Å². The molecule has 1 heterocycles. The van der Waals surface area contributed by atoms with Crippen LogP contribution in [0.3, 0.4) is 0 Å². The quantitative estimate of drug-likeness (QED) is 0.352. The van der Waals surface area contributed by atoms with E-state index in [2.05, 4.69) is 22.9 Å². The van der Waals surface area contributed by atoms with E-state index in [0.717, 1.165) is 25.7 Å². The van der Waals surface area contributed by atoms with Gasteiger partial charge < -0.3 is 18.2 Å². The summed E-state index contributed by atoms with van der Waals surface area (Å²) in [5, 5.41) is 0. The number of allylic oxidation sites excluding steroid dienone is 1. The van der Waals surface area contributed by atoms with Gasteiger partial charge in [0, 0.05) is 35.6 Å². The number of hydrogen-bond donors (Lipinski definition) is 0. The van der Waals surface area contributed by atoms with Crippen LogP contribution in [0.2, 0.25) is 0 Å². The number of ketones is 1. The average molecular weight is 528 g/mol. The van der Waals surface area contributed by atoms with Gasteiger partial charge >= 0.3 is 15.6 Å². The van der Waals surface area contributed by atoms with E-state index >= 15 is 0 Å². The van der Waals surface area contributed by atoms with E-state index < -0.39 is 26.8 Å². The number of alkyl halides is 3. The summed E-state index contributed by atoms with van der Waals surface area (Å²) in [5.41, 5.74) is -4.18. The van der Waals surface area contributed by atoms with Crippen LogP contribution in [-0.2, 0) is 26.1 Å². The van der Waals surface area contributed by atoms with Crippen molar-refractivity contribution in [2.75, 3.05) is 26.2 Å². The number of ether oxygens (including phenoxy) is 1. The van der Waals surface area contributed by atoms with Crippen molar-refractivity contribution >= 4 is 22.0 Å². The van der Waals surface area contributed by atoms with Crippen molar-refractivity contribution in [3.8, 4) is 5.75 Å². The number of halogens is 3. The Kier molecular flexibility index (Phi) is 6.76. The standard InChI is InChI=1S/C25H28F3NO6S/c1-5-29(6-2)11-12-33-15-7-9-17-19(13-15)24(3,4)23-21(22(17)30)18-10-8-16(14-20(18)34-23)35-36(31,32)25(26,27)28/h7,9,13-14H,5-6,8,10-12H2,1-4H3. The van der Waals surface area contributed by atoms with Crippen LogP contribution in [0.5, 0.6) is 5.75 Å². The Bertz CT molecular complexity index is 1320. The molecule has 2 aromatic rings. The second-order valence-corrected chi connectivity index (χ2v) is 10.8. The lowest BCUT2D eigenvalue weighted by atomic mass is 9.71. The average Bonchev–Trinajstić information content (AvgIpc) is 3.19. The molecule has 0 radical (unpaired) electrons. The number of carbonyl (C=O) groups excluding carboxylic acids is 1. The Hall–Kier alpha value is -2.79. The van der Waals surface area contributed by atoms with Crippen molar-refractivity contribution in [2.24, 2.45) is 0 Å². The van der Waals surface area contributed by atoms with E-state index in [1.54, 1.807) is 12.1 Å². The number of carbonyl (C=O) groups is 1. The van der Waals surface area contributed by atoms with E-state index in [9.17, 15) is 26.4 Å². The molecule has 0 spiro atoms. The van der Waals surface area contributed by atoms with Gasteiger partial charge in [-0.2, -0.15) is 21.6 Å². The molecule has 0 saturated carbocycles. The fourth-order valence-corrected chi connectivity index (χ4v) is 5.17. The third kappa shape index (κ3) is 4.54. The van der Waals surface area contributed by atoms with Crippen molar-refractivity contribution in [2.45, 2.75) is 51.5 Å². The molecular formula is C25H28F3NO6S. The number of furan rings is 1. The molecule has 2 aliphatic rings. The summed E-state index contributed by atoms with van der Waals surface area (Å²) in [4.78, 5) is 15.7. The Morgan fingerprint density at radius 2 is 1.83 bits per heavy atom. The van der Waals surface area contributed by atoms with Crippen LogP contribution in [0.25, 0.3) is 6.08 Å². The van der Waals surface area contributed by atoms with Crippen molar-refractivity contribution < 1.29 is 39.7 Å². The van der Waals surface area contributed by atoms with Crippen molar-refractivity contribution in [3.63, 3.8) is 0 Å². The molecule has 1 aromatic heterocycles. The molecule has 2 aliphatic carbocycles. The highest BCUT2D eigenvalue weighted by atomic mass is 32.2. The Morgan fingerprint density at radius 3 is 2.47 bits per heavy atom. The number of rotatable bonds is 8. The molecule has 0 amide bonds. The van der Waals surface area contributed by atoms with Gasteiger partial charge in [-0.25, -0.2) is 0 Å². The molecule has 7 nitrogen and oxygen atoms in total. The summed E-state index contributed by atoms with van der Waals surface area (Å²) in [6, 6.07) is 5.29. The van der Waals surface area contributed by atoms with Crippen LogP contribution in [0.1, 0.15) is 72.7 Å². The first-order valence-corrected chi connectivity index (χ1v) is 13.1. The molecule has 196 valence electrons. The van der Waals surface area contributed by atoms with Gasteiger partial charge in [-0.05, 0) is 57.1 Å². The maximum absolute atomic E-state index is 13.5. The predicted octanol–water partition coefficient (Wildman–Crippen LogP) is 5.02. The molecule has 0 N–H and O–H groups in total. The fraction of sp³-hybridized carbons (Fsp3) is 0.480. The monoisotopic (exact) mass is 527 g/mol. The highest BCUT2D eigenvalue weighted by Gasteiger charge is 2.49. The summed E-state index contributed by atoms with van der Waals surface area (Å²) in [5.74, 6) is 0.483. The van der Waals surface area contributed by atoms with Gasteiger partial charge in [-0.15, -0.1) is 0 Å². The van der Waals surface area contributed by atoms with Gasteiger partial charge in [0.2, 0.25) is 0 Å². The maximum atomic E-state index is 13.5. The number of hydrogen-bond acceptors (Lipinski definition) is 7. The number of fused-ring (bicyclic) bond motifs is 4. The van der Waals surface area contributed by atoms with Gasteiger partial charge in [-0.3, -0.25) is 4.79 Å². The van der Waals surface area contributed by atoms with Crippen LogP contribution >= 0.6 is 0 Å². The highest BCUT2D eigenvalue weighted by molar-refractivity contribution is 7.87. The smallest absolute Gasteiger partial charge is 0.492 e. The largest absolute Gasteiger partial charge is 0.534 e. The molecule has 11 heteroatoms. The lowest BCUT2D eigenvalue weighted by Crippen LogP contribution is -2.30. The molecular weight excluding hydrogens is 499 g/mol. The first-order valence-electron chi connectivity index (χ1n) is 11.7. The minimum atomic E-state index is -5.79. The molecule has 0 fully saturated rings. The van der Waals surface area contributed by atoms with E-state index in [0.29, 0.717) is 40.4 Å². The second-order valence-electron chi connectivity index (χ2n) is 9.28. The van der Waals surface area contributed by atoms with Crippen LogP contribution in [-0.4, -0.2) is 50.9 Å². The Balaban J connectivity index is 1.65. The SMILES string of the molecule is CCN(CC)CCOc1ccc2c(c1)C(C)(C)c1oc3c(c1C2=O)CCC(OS(=O)(=O)C(F)(F)F)=C3. The predicted molar refractivity (Wildman–Crippen MR) is 126 cm³/mol. The number of nitrogens with zero attached hydrogens (tertiary/aromatic N) is 1. The molecule has 0 bridgehead atoms. The van der Waals surface area contributed by atoms with Gasteiger partial charge in [0.15, 0.2) is 5.78 Å². The fourth-order valence-electron chi connectivity index (χ4n) is 4.67. The lowest BCUT2D eigenvalue weighted by molar-refractivity contribution is -0.0523. The molecule has 0 saturated heterocycles. The number of benzene rings is 1. The lowest BCUT2D eigenvalue weighted by Gasteiger charge is -2.31. The van der Waals surface area contributed by atoms with Crippen LogP contribution in [0.4, 0.5) is 13.2 Å². The normalized spacial score (nSPS) is 16.8. The minimum absolute atomic E-state index is 0.108. The third-order valence-corrected chi connectivity index (χ3v) is 7.73. The van der Waals surface area contributed by atoms with Gasteiger partial charge in [0.25, 0.3) is 0 Å². The van der Waals surface area contributed by atoms with Gasteiger partial charge in [0.1, 0.15) is 29.6 Å². The van der Waals surface area contributed by atoms with E-state index in [4.69, 9.17) is 9.15 Å². The van der Waals surface area contributed by atoms with Crippen LogP contribution in [0.15, 0.2) is 28.4 Å². The van der Waals surface area contributed by atoms with Crippen LogP contribution in [0, 0.1) is 0 Å². The topological polar surface area (TPSA) is 86.0 Å². The molecule has 1 aromatic carbocycles. The third-order valence-electron chi connectivity index (χ3n) is 6.73. The second kappa shape index (κ2) is 9.26. The first-order chi connectivity index (χ1) is 16.8. The van der Waals surface area contributed by atoms with Gasteiger partial charge in [-0.1, -0.05) is 13.8 Å². The highest BCUT2D eigenvalue weighted by Crippen LogP contribution is 2.47. The minimum Gasteiger partial charge on any atom is -0.492 e. The number of likely N-dealkylation sites (N-methyl/N-ethyl adjacent to an activating group) is 1. The summed E-state index contributed by atoms with van der Waals surface area (Å²) in [6.07, 6.45) is 1.11. The summed E-state index contributed by atoms with van der Waals surface area (Å²) in [7, 11) is -5.79. The zero-order valence-electron chi connectivity index (χ0n) is 20.5. The Morgan fingerprint density at radius 1 is 1.14 bits per heavy atom. The summed E-state index contributed by atoms with van der Waals surface area (Å²) >= 11 is 0. The zero-order chi connectivity index (χ0) is 26.5. The van der Waals surface area contributed by atoms with Crippen LogP contribution < -0.4 is 4.74 Å². The van der Waals surface area contributed by atoms with Crippen molar-refractivity contribution in [1.82, 2.24) is 4.90 Å². The molecule has 36 heavy (non-hydrogen) atoms. The van der Waals surface area contributed by atoms with Crippen molar-refractivity contribution in [1.29, 1.82) is 0 Å². The van der Waals surface area contributed by atoms with Crippen molar-refractivity contribution in [3.05, 3.63) is 57.7 Å². The molecule has 0 unspecified atom stereocenters. The maximum Gasteiger partial charge on any atom is 0.534 e. The summed E-state index contributed by atoms with van der Waals surface area (Å²) < 4.78 is 77.3. The molecule has 0 atom stereocenters. The van der Waals surface area contributed by atoms with Gasteiger partial charge in [0.05, 0.1) is 5.56 Å². The first kappa shape index (κ1) is 26.3.